The first-order valence-corrected chi connectivity index (χ1v) is 13.1. The molecular formula is C22H26ClF3N3O5P. The summed E-state index contributed by atoms with van der Waals surface area (Å²) in [5, 5.41) is 13.2. The van der Waals surface area contributed by atoms with E-state index in [-0.39, 0.29) is 47.9 Å². The Balaban J connectivity index is 1.50. The normalized spacial score (nSPS) is 28.1. The molecule has 192 valence electrons. The number of fused-ring (bicyclic) bond motifs is 1. The minimum Gasteiger partial charge on any atom is -0.383 e. The number of amides is 1. The third-order valence-electron chi connectivity index (χ3n) is 7.00. The number of imidazole rings is 1. The Bertz CT molecular complexity index is 1180. The molecule has 0 radical (unpaired) electrons. The van der Waals surface area contributed by atoms with Gasteiger partial charge in [-0.15, -0.1) is 0 Å². The second kappa shape index (κ2) is 9.19. The van der Waals surface area contributed by atoms with E-state index < -0.39 is 30.6 Å². The van der Waals surface area contributed by atoms with Gasteiger partial charge in [0.1, 0.15) is 17.1 Å². The van der Waals surface area contributed by atoms with Gasteiger partial charge < -0.3 is 24.4 Å². The lowest BCUT2D eigenvalue weighted by Gasteiger charge is -2.35. The van der Waals surface area contributed by atoms with E-state index >= 15 is 0 Å². The first kappa shape index (κ1) is 26.2. The second-order valence-electron chi connectivity index (χ2n) is 9.28. The van der Waals surface area contributed by atoms with E-state index in [1.807, 2.05) is 0 Å². The molecule has 13 heteroatoms. The zero-order valence-electron chi connectivity index (χ0n) is 19.0. The highest BCUT2D eigenvalue weighted by molar-refractivity contribution is 7.54. The molecule has 0 spiro atoms. The van der Waals surface area contributed by atoms with E-state index in [1.165, 1.54) is 25.4 Å². The number of aryl methyl sites for hydroxylation is 1. The summed E-state index contributed by atoms with van der Waals surface area (Å²) in [6, 6.07) is 3.79. The molecule has 35 heavy (non-hydrogen) atoms. The molecule has 2 aliphatic carbocycles. The Morgan fingerprint density at radius 3 is 2.57 bits per heavy atom. The maximum atomic E-state index is 14.8. The van der Waals surface area contributed by atoms with Crippen LogP contribution in [0.1, 0.15) is 54.7 Å². The molecule has 2 saturated carbocycles. The second-order valence-corrected chi connectivity index (χ2v) is 11.5. The number of hydrogen-bond donors (Lipinski definition) is 3. The molecule has 2 aliphatic rings. The van der Waals surface area contributed by atoms with E-state index in [4.69, 9.17) is 11.6 Å². The van der Waals surface area contributed by atoms with Crippen LogP contribution in [-0.4, -0.2) is 43.3 Å². The number of halogens is 4. The number of aromatic nitrogens is 2. The predicted octanol–water partition coefficient (Wildman–Crippen LogP) is 4.91. The Morgan fingerprint density at radius 2 is 2.00 bits per heavy atom. The van der Waals surface area contributed by atoms with Gasteiger partial charge in [0.05, 0.1) is 23.7 Å². The van der Waals surface area contributed by atoms with Gasteiger partial charge in [-0.25, -0.2) is 9.37 Å². The van der Waals surface area contributed by atoms with Gasteiger partial charge >= 0.3 is 13.3 Å². The minimum atomic E-state index is -5.37. The van der Waals surface area contributed by atoms with Crippen LogP contribution in [0.15, 0.2) is 24.5 Å². The number of nitrogens with zero attached hydrogens (tertiary/aromatic N) is 2. The van der Waals surface area contributed by atoms with E-state index in [2.05, 4.69) is 14.8 Å². The molecule has 0 bridgehead atoms. The van der Waals surface area contributed by atoms with E-state index in [9.17, 15) is 32.5 Å². The van der Waals surface area contributed by atoms with Crippen molar-refractivity contribution in [3.05, 3.63) is 46.8 Å². The maximum Gasteiger partial charge on any atom is 0.400 e. The monoisotopic (exact) mass is 535 g/mol. The fraction of sp³-hybridized carbons (Fsp3) is 0.545. The molecule has 4 rings (SSSR count). The average Bonchev–Trinajstić information content (AvgIpc) is 3.41. The number of alkyl halides is 2. The van der Waals surface area contributed by atoms with Crippen molar-refractivity contribution in [2.45, 2.75) is 49.8 Å². The topological polar surface area (TPSA) is 114 Å². The molecule has 3 N–H and O–H groups in total. The van der Waals surface area contributed by atoms with Gasteiger partial charge in [-0.2, -0.15) is 8.78 Å². The summed E-state index contributed by atoms with van der Waals surface area (Å²) in [6.45, 7) is 0.936. The molecule has 8 nitrogen and oxygen atoms in total. The van der Waals surface area contributed by atoms with Gasteiger partial charge in [-0.1, -0.05) is 11.6 Å². The van der Waals surface area contributed by atoms with Gasteiger partial charge in [0.15, 0.2) is 0 Å². The number of carbonyl (C=O) groups is 1. The third-order valence-corrected chi connectivity index (χ3v) is 9.03. The molecule has 0 aliphatic heterocycles. The Hall–Kier alpha value is -1.91. The minimum absolute atomic E-state index is 0.141. The summed E-state index contributed by atoms with van der Waals surface area (Å²) in [4.78, 5) is 27.1. The van der Waals surface area contributed by atoms with Crippen LogP contribution in [0.2, 0.25) is 5.02 Å². The van der Waals surface area contributed by atoms with E-state index in [0.29, 0.717) is 24.2 Å². The number of aliphatic hydroxyl groups is 1. The number of benzene rings is 1. The molecule has 1 heterocycles. The Morgan fingerprint density at radius 1 is 1.37 bits per heavy atom. The van der Waals surface area contributed by atoms with E-state index in [1.54, 1.807) is 11.6 Å². The predicted molar refractivity (Wildman–Crippen MR) is 122 cm³/mol. The van der Waals surface area contributed by atoms with Crippen molar-refractivity contribution in [1.82, 2.24) is 9.55 Å². The van der Waals surface area contributed by atoms with E-state index in [0.717, 1.165) is 6.07 Å². The average molecular weight is 536 g/mol. The van der Waals surface area contributed by atoms with Gasteiger partial charge in [-0.3, -0.25) is 9.36 Å². The van der Waals surface area contributed by atoms with Crippen LogP contribution in [-0.2, 0) is 16.1 Å². The number of anilines is 1. The van der Waals surface area contributed by atoms with Gasteiger partial charge in [0.2, 0.25) is 0 Å². The summed E-state index contributed by atoms with van der Waals surface area (Å²) < 4.78 is 61.2. The summed E-state index contributed by atoms with van der Waals surface area (Å²) in [7, 11) is -3.72. The van der Waals surface area contributed by atoms with Crippen molar-refractivity contribution in [3.63, 3.8) is 0 Å². The zero-order chi connectivity index (χ0) is 25.8. The highest BCUT2D eigenvalue weighted by atomic mass is 35.5. The summed E-state index contributed by atoms with van der Waals surface area (Å²) in [6.07, 6.45) is 1.52. The van der Waals surface area contributed by atoms with Crippen LogP contribution in [0.3, 0.4) is 0 Å². The molecule has 3 atom stereocenters. The van der Waals surface area contributed by atoms with Crippen LogP contribution in [0.4, 0.5) is 18.9 Å². The highest BCUT2D eigenvalue weighted by Crippen LogP contribution is 2.68. The smallest absolute Gasteiger partial charge is 0.383 e. The summed E-state index contributed by atoms with van der Waals surface area (Å²) >= 11 is 5.78. The fourth-order valence-corrected chi connectivity index (χ4v) is 6.84. The molecule has 0 saturated heterocycles. The van der Waals surface area contributed by atoms with Crippen LogP contribution >= 0.6 is 19.2 Å². The standard InChI is InChI=1S/C22H26ClF3N3O5P/c1-3-34-35(32,33)22(25,26)21(31)9-13-6-12(7-14(13)10-21)18-19(29(2)11-27-18)20(30)28-15-4-5-17(24)16(23)8-15/h4-5,8,11-14,31H,3,6-7,9-10H2,1-2H3,(H,28,30)(H,32,33). The van der Waals surface area contributed by atoms with Crippen molar-refractivity contribution >= 4 is 30.8 Å². The Kier molecular flexibility index (Phi) is 6.87. The molecule has 2 aromatic rings. The molecule has 1 amide bonds. The molecule has 1 aromatic heterocycles. The van der Waals surface area contributed by atoms with Crippen molar-refractivity contribution in [2.24, 2.45) is 18.9 Å². The molecule has 1 aromatic carbocycles. The van der Waals surface area contributed by atoms with Crippen molar-refractivity contribution in [1.29, 1.82) is 0 Å². The molecular weight excluding hydrogens is 510 g/mol. The Labute approximate surface area is 205 Å². The lowest BCUT2D eigenvalue weighted by atomic mass is 9.92. The largest absolute Gasteiger partial charge is 0.400 e. The number of carbonyl (C=O) groups excluding carboxylic acids is 1. The summed E-state index contributed by atoms with van der Waals surface area (Å²) in [5.41, 5.74) is -5.90. The first-order valence-electron chi connectivity index (χ1n) is 11.1. The van der Waals surface area contributed by atoms with Gasteiger partial charge in [0.25, 0.3) is 5.91 Å². The van der Waals surface area contributed by atoms with Crippen molar-refractivity contribution in [2.75, 3.05) is 11.9 Å². The van der Waals surface area contributed by atoms with Crippen LogP contribution < -0.4 is 5.32 Å². The van der Waals surface area contributed by atoms with Crippen LogP contribution in [0, 0.1) is 17.7 Å². The lowest BCUT2D eigenvalue weighted by Crippen LogP contribution is -2.46. The van der Waals surface area contributed by atoms with Crippen molar-refractivity contribution in [3.8, 4) is 0 Å². The zero-order valence-corrected chi connectivity index (χ0v) is 20.7. The highest BCUT2D eigenvalue weighted by Gasteiger charge is 2.69. The van der Waals surface area contributed by atoms with Gasteiger partial charge in [0, 0.05) is 18.7 Å². The third kappa shape index (κ3) is 4.53. The molecule has 2 fully saturated rings. The van der Waals surface area contributed by atoms with Crippen molar-refractivity contribution < 1.29 is 37.1 Å². The number of rotatable bonds is 7. The van der Waals surface area contributed by atoms with Crippen LogP contribution in [0.5, 0.6) is 0 Å². The molecule has 3 unspecified atom stereocenters. The quantitative estimate of drug-likeness (QED) is 0.434. The first-order chi connectivity index (χ1) is 16.3. The summed E-state index contributed by atoms with van der Waals surface area (Å²) in [5.74, 6) is -2.01. The van der Waals surface area contributed by atoms with Crippen LogP contribution in [0.25, 0.3) is 0 Å². The number of hydrogen-bond acceptors (Lipinski definition) is 5. The SMILES string of the molecule is CCOP(=O)(O)C(F)(F)C1(O)CC2CC(c3ncn(C)c3C(=O)Nc3ccc(F)c(Cl)c3)CC2C1. The number of nitrogens with one attached hydrogen (secondary N) is 1. The fourth-order valence-electron chi connectivity index (χ4n) is 5.44. The lowest BCUT2D eigenvalue weighted by molar-refractivity contribution is -0.139. The van der Waals surface area contributed by atoms with Gasteiger partial charge in [-0.05, 0) is 62.6 Å². The maximum absolute atomic E-state index is 14.8.